The highest BCUT2D eigenvalue weighted by atomic mass is 32.2. The van der Waals surface area contributed by atoms with E-state index in [1.807, 2.05) is 29.2 Å². The number of Topliss-reactive ketones (excluding diaryl/α,β-unsaturated/α-hetero) is 1. The van der Waals surface area contributed by atoms with Gasteiger partial charge in [-0.3, -0.25) is 14.5 Å². The molecule has 0 N–H and O–H groups in total. The van der Waals surface area contributed by atoms with Crippen molar-refractivity contribution in [3.05, 3.63) is 29.8 Å². The zero-order valence-electron chi connectivity index (χ0n) is 12.5. The van der Waals surface area contributed by atoms with Crippen LogP contribution in [0.1, 0.15) is 23.2 Å². The summed E-state index contributed by atoms with van der Waals surface area (Å²) in [5.74, 6) is 0.920. The second-order valence-electron chi connectivity index (χ2n) is 6.37. The number of carbonyl (C=O) groups excluding carboxylic acids is 2. The van der Waals surface area contributed by atoms with E-state index in [0.29, 0.717) is 11.8 Å². The summed E-state index contributed by atoms with van der Waals surface area (Å²) in [6.45, 7) is 4.20. The minimum Gasteiger partial charge on any atom is -0.340 e. The average Bonchev–Trinajstić information content (AvgIpc) is 3.35. The first-order valence-electron chi connectivity index (χ1n) is 8.03. The summed E-state index contributed by atoms with van der Waals surface area (Å²) < 4.78 is 0. The van der Waals surface area contributed by atoms with Gasteiger partial charge in [0.25, 0.3) is 0 Å². The summed E-state index contributed by atoms with van der Waals surface area (Å²) in [7, 11) is 0. The maximum Gasteiger partial charge on any atom is 0.225 e. The number of hydrogen-bond acceptors (Lipinski definition) is 4. The number of thioether (sulfide) groups is 1. The summed E-state index contributed by atoms with van der Waals surface area (Å²) in [6.07, 6.45) is 2.15. The Balaban J connectivity index is 1.32. The van der Waals surface area contributed by atoms with Crippen LogP contribution in [0.2, 0.25) is 0 Å². The first-order valence-corrected chi connectivity index (χ1v) is 8.91. The molecule has 116 valence electrons. The third-order valence-corrected chi connectivity index (χ3v) is 6.01. The second kappa shape index (κ2) is 5.70. The topological polar surface area (TPSA) is 40.6 Å². The highest BCUT2D eigenvalue weighted by Crippen LogP contribution is 2.37. The number of rotatable bonds is 3. The van der Waals surface area contributed by atoms with Gasteiger partial charge in [0.05, 0.1) is 5.25 Å². The Labute approximate surface area is 134 Å². The molecule has 1 amide bonds. The van der Waals surface area contributed by atoms with Gasteiger partial charge in [-0.1, -0.05) is 18.2 Å². The van der Waals surface area contributed by atoms with Crippen molar-refractivity contribution in [2.24, 2.45) is 5.92 Å². The van der Waals surface area contributed by atoms with Crippen LogP contribution in [0.3, 0.4) is 0 Å². The number of fused-ring (bicyclic) bond motifs is 1. The van der Waals surface area contributed by atoms with Crippen LogP contribution in [-0.4, -0.2) is 59.5 Å². The van der Waals surface area contributed by atoms with Crippen LogP contribution in [0.25, 0.3) is 0 Å². The van der Waals surface area contributed by atoms with E-state index >= 15 is 0 Å². The van der Waals surface area contributed by atoms with Crippen molar-refractivity contribution < 1.29 is 9.59 Å². The lowest BCUT2D eigenvalue weighted by molar-refractivity contribution is -0.134. The lowest BCUT2D eigenvalue weighted by atomic mass is 10.1. The van der Waals surface area contributed by atoms with Crippen LogP contribution in [0.5, 0.6) is 0 Å². The molecule has 1 saturated carbocycles. The van der Waals surface area contributed by atoms with E-state index < -0.39 is 0 Å². The zero-order chi connectivity index (χ0) is 15.1. The first-order chi connectivity index (χ1) is 10.7. The largest absolute Gasteiger partial charge is 0.340 e. The normalized spacial score (nSPS) is 25.4. The molecule has 1 unspecified atom stereocenters. The van der Waals surface area contributed by atoms with Crippen molar-refractivity contribution in [1.82, 2.24) is 9.80 Å². The van der Waals surface area contributed by atoms with Gasteiger partial charge < -0.3 is 4.90 Å². The molecule has 1 aromatic rings. The van der Waals surface area contributed by atoms with Crippen molar-refractivity contribution in [3.8, 4) is 0 Å². The molecule has 1 atom stereocenters. The third-order valence-electron chi connectivity index (χ3n) is 4.75. The molecule has 4 rings (SSSR count). The van der Waals surface area contributed by atoms with Crippen molar-refractivity contribution in [2.75, 3.05) is 32.7 Å². The standard InChI is InChI=1S/C17H20N2O2S/c20-16-13-3-1-2-4-14(13)22-15(16)11-18-7-9-19(10-8-18)17(21)12-5-6-12/h1-4,12,15H,5-11H2. The van der Waals surface area contributed by atoms with Crippen molar-refractivity contribution >= 4 is 23.5 Å². The fraction of sp³-hybridized carbons (Fsp3) is 0.529. The van der Waals surface area contributed by atoms with Crippen LogP contribution in [0.4, 0.5) is 0 Å². The quantitative estimate of drug-likeness (QED) is 0.854. The van der Waals surface area contributed by atoms with Gasteiger partial charge in [-0.2, -0.15) is 0 Å². The van der Waals surface area contributed by atoms with Crippen molar-refractivity contribution in [2.45, 2.75) is 23.0 Å². The first kappa shape index (κ1) is 14.3. The van der Waals surface area contributed by atoms with E-state index in [1.54, 1.807) is 11.8 Å². The Morgan fingerprint density at radius 3 is 2.55 bits per heavy atom. The number of nitrogens with zero attached hydrogens (tertiary/aromatic N) is 2. The van der Waals surface area contributed by atoms with Gasteiger partial charge in [0.1, 0.15) is 0 Å². The Morgan fingerprint density at radius 2 is 1.86 bits per heavy atom. The lowest BCUT2D eigenvalue weighted by Gasteiger charge is -2.35. The lowest BCUT2D eigenvalue weighted by Crippen LogP contribution is -2.50. The fourth-order valence-corrected chi connectivity index (χ4v) is 4.53. The Morgan fingerprint density at radius 1 is 1.14 bits per heavy atom. The molecule has 0 radical (unpaired) electrons. The van der Waals surface area contributed by atoms with Crippen LogP contribution in [0.15, 0.2) is 29.2 Å². The Bertz CT molecular complexity index is 606. The Kier molecular flexibility index (Phi) is 3.70. The molecule has 2 aliphatic heterocycles. The molecule has 3 aliphatic rings. The van der Waals surface area contributed by atoms with Gasteiger partial charge in [0.2, 0.25) is 5.91 Å². The summed E-state index contributed by atoms with van der Waals surface area (Å²) >= 11 is 1.69. The van der Waals surface area contributed by atoms with Crippen LogP contribution in [-0.2, 0) is 4.79 Å². The van der Waals surface area contributed by atoms with Crippen LogP contribution in [0, 0.1) is 5.92 Å². The van der Waals surface area contributed by atoms with Gasteiger partial charge in [-0.15, -0.1) is 11.8 Å². The fourth-order valence-electron chi connectivity index (χ4n) is 3.25. The minimum absolute atomic E-state index is 0.0167. The van der Waals surface area contributed by atoms with Gasteiger partial charge in [0.15, 0.2) is 5.78 Å². The maximum atomic E-state index is 12.4. The summed E-state index contributed by atoms with van der Waals surface area (Å²) in [5.41, 5.74) is 0.875. The van der Waals surface area contributed by atoms with Gasteiger partial charge in [-0.25, -0.2) is 0 Å². The number of ketones is 1. The van der Waals surface area contributed by atoms with Gasteiger partial charge in [-0.05, 0) is 18.9 Å². The third kappa shape index (κ3) is 2.68. The molecule has 0 aromatic heterocycles. The number of benzene rings is 1. The molecule has 5 heteroatoms. The second-order valence-corrected chi connectivity index (χ2v) is 7.61. The molecule has 0 bridgehead atoms. The van der Waals surface area contributed by atoms with E-state index in [9.17, 15) is 9.59 Å². The van der Waals surface area contributed by atoms with Gasteiger partial charge in [0, 0.05) is 49.1 Å². The molecule has 22 heavy (non-hydrogen) atoms. The predicted molar refractivity (Wildman–Crippen MR) is 86.2 cm³/mol. The smallest absolute Gasteiger partial charge is 0.225 e. The molecule has 1 aromatic carbocycles. The maximum absolute atomic E-state index is 12.4. The molecule has 4 nitrogen and oxygen atoms in total. The highest BCUT2D eigenvalue weighted by Gasteiger charge is 2.36. The average molecular weight is 316 g/mol. The Hall–Kier alpha value is -1.33. The highest BCUT2D eigenvalue weighted by molar-refractivity contribution is 8.01. The number of hydrogen-bond donors (Lipinski definition) is 0. The molecule has 2 heterocycles. The monoisotopic (exact) mass is 316 g/mol. The van der Waals surface area contributed by atoms with Crippen LogP contribution < -0.4 is 0 Å². The molecule has 0 spiro atoms. The van der Waals surface area contributed by atoms with E-state index in [1.165, 1.54) is 0 Å². The number of piperazine rings is 1. The summed E-state index contributed by atoms with van der Waals surface area (Å²) in [6, 6.07) is 7.88. The van der Waals surface area contributed by atoms with Crippen molar-refractivity contribution in [3.63, 3.8) is 0 Å². The summed E-state index contributed by atoms with van der Waals surface area (Å²) in [4.78, 5) is 29.9. The van der Waals surface area contributed by atoms with Crippen LogP contribution >= 0.6 is 11.8 Å². The predicted octanol–water partition coefficient (Wildman–Crippen LogP) is 1.90. The SMILES string of the molecule is O=C1c2ccccc2SC1CN1CCN(C(=O)C2CC2)CC1. The molecule has 1 aliphatic carbocycles. The summed E-state index contributed by atoms with van der Waals surface area (Å²) in [5, 5.41) is 0.0167. The number of amides is 1. The van der Waals surface area contributed by atoms with Gasteiger partial charge >= 0.3 is 0 Å². The molecule has 2 fully saturated rings. The number of carbonyl (C=O) groups is 2. The van der Waals surface area contributed by atoms with E-state index in [2.05, 4.69) is 4.90 Å². The minimum atomic E-state index is 0.0167. The van der Waals surface area contributed by atoms with E-state index in [4.69, 9.17) is 0 Å². The molecule has 1 saturated heterocycles. The molecular weight excluding hydrogens is 296 g/mol. The van der Waals surface area contributed by atoms with Crippen molar-refractivity contribution in [1.29, 1.82) is 0 Å². The zero-order valence-corrected chi connectivity index (χ0v) is 13.3. The van der Waals surface area contributed by atoms with E-state index in [-0.39, 0.29) is 11.0 Å². The molecular formula is C17H20N2O2S. The van der Waals surface area contributed by atoms with E-state index in [0.717, 1.165) is 56.0 Å².